The van der Waals surface area contributed by atoms with Crippen LogP contribution in [0, 0.1) is 13.8 Å². The van der Waals surface area contributed by atoms with Crippen LogP contribution >= 0.6 is 0 Å². The molecule has 2 rings (SSSR count). The van der Waals surface area contributed by atoms with Gasteiger partial charge >= 0.3 is 0 Å². The lowest BCUT2D eigenvalue weighted by Gasteiger charge is -2.06. The zero-order valence-corrected chi connectivity index (χ0v) is 12.0. The quantitative estimate of drug-likeness (QED) is 0.910. The van der Waals surface area contributed by atoms with E-state index in [0.717, 1.165) is 16.9 Å². The summed E-state index contributed by atoms with van der Waals surface area (Å²) in [5.74, 6) is 1.54. The summed E-state index contributed by atoms with van der Waals surface area (Å²) in [5, 5.41) is 2.69. The summed E-state index contributed by atoms with van der Waals surface area (Å²) in [6, 6.07) is 9.45. The number of amides is 1. The maximum atomic E-state index is 11.6. The molecule has 0 aliphatic carbocycles. The zero-order valence-electron chi connectivity index (χ0n) is 12.0. The lowest BCUT2D eigenvalue weighted by atomic mass is 10.1. The summed E-state index contributed by atoms with van der Waals surface area (Å²) in [7, 11) is 0. The molecule has 0 radical (unpaired) electrons. The Bertz CT molecular complexity index is 581. The largest absolute Gasteiger partial charge is 0.486 e. The van der Waals surface area contributed by atoms with E-state index in [1.807, 2.05) is 32.9 Å². The highest BCUT2D eigenvalue weighted by atomic mass is 16.5. The molecular formula is C16H19NO3. The first kappa shape index (κ1) is 14.2. The standard InChI is InChI=1S/C16H19NO3/c1-4-17-16(18)15-6-5-13(20-15)10-19-14-8-11(2)7-12(3)9-14/h5-9H,4,10H2,1-3H3,(H,17,18). The van der Waals surface area contributed by atoms with E-state index in [2.05, 4.69) is 11.4 Å². The molecular weight excluding hydrogens is 254 g/mol. The molecule has 4 nitrogen and oxygen atoms in total. The van der Waals surface area contributed by atoms with Gasteiger partial charge in [-0.3, -0.25) is 4.79 Å². The average molecular weight is 273 g/mol. The van der Waals surface area contributed by atoms with Crippen molar-refractivity contribution < 1.29 is 13.9 Å². The van der Waals surface area contributed by atoms with E-state index in [9.17, 15) is 4.79 Å². The first-order chi connectivity index (χ1) is 9.58. The summed E-state index contributed by atoms with van der Waals surface area (Å²) < 4.78 is 11.1. The Labute approximate surface area is 118 Å². The van der Waals surface area contributed by atoms with Crippen LogP contribution in [0.3, 0.4) is 0 Å². The van der Waals surface area contributed by atoms with Gasteiger partial charge in [-0.05, 0) is 56.2 Å². The summed E-state index contributed by atoms with van der Waals surface area (Å²) in [6.07, 6.45) is 0. The van der Waals surface area contributed by atoms with Crippen molar-refractivity contribution in [2.75, 3.05) is 6.54 Å². The summed E-state index contributed by atoms with van der Waals surface area (Å²) in [5.41, 5.74) is 2.31. The van der Waals surface area contributed by atoms with Crippen molar-refractivity contribution in [2.24, 2.45) is 0 Å². The van der Waals surface area contributed by atoms with Gasteiger partial charge in [0.25, 0.3) is 5.91 Å². The van der Waals surface area contributed by atoms with Crippen molar-refractivity contribution in [3.05, 3.63) is 53.0 Å². The van der Waals surface area contributed by atoms with E-state index in [-0.39, 0.29) is 5.91 Å². The van der Waals surface area contributed by atoms with Crippen LogP contribution in [-0.4, -0.2) is 12.5 Å². The number of nitrogens with one attached hydrogen (secondary N) is 1. The van der Waals surface area contributed by atoms with Gasteiger partial charge in [0, 0.05) is 6.54 Å². The molecule has 0 saturated carbocycles. The van der Waals surface area contributed by atoms with E-state index in [1.165, 1.54) is 0 Å². The highest BCUT2D eigenvalue weighted by Crippen LogP contribution is 2.18. The maximum Gasteiger partial charge on any atom is 0.286 e. The van der Waals surface area contributed by atoms with Crippen LogP contribution in [0.2, 0.25) is 0 Å². The van der Waals surface area contributed by atoms with Crippen molar-refractivity contribution in [2.45, 2.75) is 27.4 Å². The van der Waals surface area contributed by atoms with Crippen LogP contribution in [0.15, 0.2) is 34.7 Å². The van der Waals surface area contributed by atoms with Gasteiger partial charge in [0.15, 0.2) is 5.76 Å². The fourth-order valence-electron chi connectivity index (χ4n) is 2.00. The number of benzene rings is 1. The smallest absolute Gasteiger partial charge is 0.286 e. The van der Waals surface area contributed by atoms with Crippen LogP contribution in [-0.2, 0) is 6.61 Å². The van der Waals surface area contributed by atoms with Gasteiger partial charge in [-0.2, -0.15) is 0 Å². The van der Waals surface area contributed by atoms with Crippen molar-refractivity contribution in [3.63, 3.8) is 0 Å². The fraction of sp³-hybridized carbons (Fsp3) is 0.312. The molecule has 4 heteroatoms. The zero-order chi connectivity index (χ0) is 14.5. The van der Waals surface area contributed by atoms with Gasteiger partial charge in [-0.15, -0.1) is 0 Å². The molecule has 0 saturated heterocycles. The second kappa shape index (κ2) is 6.28. The predicted molar refractivity (Wildman–Crippen MR) is 77.0 cm³/mol. The molecule has 0 spiro atoms. The third-order valence-corrected chi connectivity index (χ3v) is 2.80. The number of carbonyl (C=O) groups excluding carboxylic acids is 1. The van der Waals surface area contributed by atoms with Crippen LogP contribution in [0.4, 0.5) is 0 Å². The van der Waals surface area contributed by atoms with Gasteiger partial charge in [0.05, 0.1) is 0 Å². The minimum atomic E-state index is -0.204. The molecule has 0 fully saturated rings. The summed E-state index contributed by atoms with van der Waals surface area (Å²) in [4.78, 5) is 11.6. The number of carbonyl (C=O) groups is 1. The van der Waals surface area contributed by atoms with E-state index in [4.69, 9.17) is 9.15 Å². The number of aryl methyl sites for hydroxylation is 2. The van der Waals surface area contributed by atoms with Crippen LogP contribution in [0.5, 0.6) is 5.75 Å². The summed E-state index contributed by atoms with van der Waals surface area (Å²) >= 11 is 0. The predicted octanol–water partition coefficient (Wildman–Crippen LogP) is 3.23. The van der Waals surface area contributed by atoms with Crippen molar-refractivity contribution in [3.8, 4) is 5.75 Å². The second-order valence-electron chi connectivity index (χ2n) is 4.74. The number of hydrogen-bond donors (Lipinski definition) is 1. The highest BCUT2D eigenvalue weighted by molar-refractivity contribution is 5.91. The van der Waals surface area contributed by atoms with Crippen LogP contribution in [0.25, 0.3) is 0 Å². The summed E-state index contributed by atoms with van der Waals surface area (Å²) in [6.45, 7) is 6.81. The highest BCUT2D eigenvalue weighted by Gasteiger charge is 2.10. The SMILES string of the molecule is CCNC(=O)c1ccc(COc2cc(C)cc(C)c2)o1. The number of ether oxygens (including phenoxy) is 1. The molecule has 0 aliphatic heterocycles. The molecule has 0 unspecified atom stereocenters. The Kier molecular flexibility index (Phi) is 4.45. The number of furan rings is 1. The van der Waals surface area contributed by atoms with Gasteiger partial charge in [-0.25, -0.2) is 0 Å². The molecule has 2 aromatic rings. The lowest BCUT2D eigenvalue weighted by molar-refractivity contribution is 0.0924. The van der Waals surface area contributed by atoms with E-state index in [0.29, 0.717) is 24.7 Å². The Morgan fingerprint density at radius 2 is 1.90 bits per heavy atom. The second-order valence-corrected chi connectivity index (χ2v) is 4.74. The average Bonchev–Trinajstić information content (AvgIpc) is 2.84. The molecule has 1 N–H and O–H groups in total. The molecule has 1 aromatic carbocycles. The molecule has 106 valence electrons. The van der Waals surface area contributed by atoms with Crippen LogP contribution < -0.4 is 10.1 Å². The normalized spacial score (nSPS) is 10.3. The molecule has 0 bridgehead atoms. The van der Waals surface area contributed by atoms with Crippen molar-refractivity contribution >= 4 is 5.91 Å². The van der Waals surface area contributed by atoms with Gasteiger partial charge in [0.1, 0.15) is 18.1 Å². The van der Waals surface area contributed by atoms with Gasteiger partial charge in [-0.1, -0.05) is 6.07 Å². The third kappa shape index (κ3) is 3.63. The minimum absolute atomic E-state index is 0.204. The minimum Gasteiger partial charge on any atom is -0.486 e. The van der Waals surface area contributed by atoms with Crippen LogP contribution in [0.1, 0.15) is 34.4 Å². The van der Waals surface area contributed by atoms with Gasteiger partial charge < -0.3 is 14.5 Å². The Morgan fingerprint density at radius 1 is 1.20 bits per heavy atom. The fourth-order valence-corrected chi connectivity index (χ4v) is 2.00. The molecule has 1 heterocycles. The molecule has 1 amide bonds. The van der Waals surface area contributed by atoms with E-state index >= 15 is 0 Å². The molecule has 1 aromatic heterocycles. The lowest BCUT2D eigenvalue weighted by Crippen LogP contribution is -2.21. The maximum absolute atomic E-state index is 11.6. The Morgan fingerprint density at radius 3 is 2.55 bits per heavy atom. The Balaban J connectivity index is 1.99. The number of hydrogen-bond acceptors (Lipinski definition) is 3. The molecule has 0 atom stereocenters. The molecule has 20 heavy (non-hydrogen) atoms. The topological polar surface area (TPSA) is 51.5 Å². The first-order valence-electron chi connectivity index (χ1n) is 6.66. The monoisotopic (exact) mass is 273 g/mol. The van der Waals surface area contributed by atoms with Crippen molar-refractivity contribution in [1.82, 2.24) is 5.32 Å². The van der Waals surface area contributed by atoms with Crippen molar-refractivity contribution in [1.29, 1.82) is 0 Å². The molecule has 0 aliphatic rings. The Hall–Kier alpha value is -2.23. The first-order valence-corrected chi connectivity index (χ1v) is 6.66. The third-order valence-electron chi connectivity index (χ3n) is 2.80. The van der Waals surface area contributed by atoms with E-state index < -0.39 is 0 Å². The number of rotatable bonds is 5. The van der Waals surface area contributed by atoms with E-state index in [1.54, 1.807) is 12.1 Å². The van der Waals surface area contributed by atoms with Gasteiger partial charge in [0.2, 0.25) is 0 Å².